The molecule has 1 aliphatic heterocycles. The summed E-state index contributed by atoms with van der Waals surface area (Å²) in [5.41, 5.74) is 5.59. The topological polar surface area (TPSA) is 53.9 Å². The van der Waals surface area contributed by atoms with E-state index in [0.29, 0.717) is 5.95 Å². The van der Waals surface area contributed by atoms with Gasteiger partial charge < -0.3 is 10.2 Å². The lowest BCUT2D eigenvalue weighted by Crippen LogP contribution is -2.31. The minimum absolute atomic E-state index is 0.604. The van der Waals surface area contributed by atoms with E-state index < -0.39 is 0 Å². The van der Waals surface area contributed by atoms with Crippen LogP contribution in [0.25, 0.3) is 10.9 Å². The van der Waals surface area contributed by atoms with Gasteiger partial charge in [0.05, 0.1) is 11.2 Å². The van der Waals surface area contributed by atoms with Crippen LogP contribution in [0.2, 0.25) is 0 Å². The molecule has 5 rings (SSSR count). The van der Waals surface area contributed by atoms with Gasteiger partial charge in [-0.25, -0.2) is 4.98 Å². The summed E-state index contributed by atoms with van der Waals surface area (Å²) in [6, 6.07) is 20.8. The van der Waals surface area contributed by atoms with E-state index in [0.717, 1.165) is 47.6 Å². The molecule has 28 heavy (non-hydrogen) atoms. The van der Waals surface area contributed by atoms with Crippen molar-refractivity contribution >= 4 is 28.4 Å². The fourth-order valence-corrected chi connectivity index (χ4v) is 3.79. The molecule has 138 valence electrons. The fraction of sp³-hybridized carbons (Fsp3) is 0.174. The van der Waals surface area contributed by atoms with E-state index in [9.17, 15) is 0 Å². The summed E-state index contributed by atoms with van der Waals surface area (Å²) in [5.74, 6) is 1.56. The Balaban J connectivity index is 1.47. The molecule has 0 unspecified atom stereocenters. The lowest BCUT2D eigenvalue weighted by Gasteiger charge is -2.30. The third-order valence-corrected chi connectivity index (χ3v) is 5.17. The van der Waals surface area contributed by atoms with Crippen molar-refractivity contribution in [3.8, 4) is 0 Å². The van der Waals surface area contributed by atoms with E-state index in [2.05, 4.69) is 62.6 Å². The fourth-order valence-electron chi connectivity index (χ4n) is 3.79. The Morgan fingerprint density at radius 1 is 0.929 bits per heavy atom. The third kappa shape index (κ3) is 3.16. The Kier molecular flexibility index (Phi) is 4.13. The molecule has 3 heterocycles. The number of hydrogen-bond donors (Lipinski definition) is 1. The number of aromatic nitrogens is 3. The van der Waals surface area contributed by atoms with Gasteiger partial charge in [-0.1, -0.05) is 42.5 Å². The highest BCUT2D eigenvalue weighted by molar-refractivity contribution is 5.91. The van der Waals surface area contributed by atoms with E-state index in [1.54, 1.807) is 6.20 Å². The van der Waals surface area contributed by atoms with Crippen LogP contribution in [0.4, 0.5) is 17.5 Å². The first-order valence-electron chi connectivity index (χ1n) is 9.54. The quantitative estimate of drug-likeness (QED) is 0.572. The van der Waals surface area contributed by atoms with Crippen LogP contribution >= 0.6 is 0 Å². The molecule has 0 amide bonds. The number of pyridine rings is 1. The Hall–Kier alpha value is -3.47. The van der Waals surface area contributed by atoms with Crippen LogP contribution in [0, 0.1) is 6.92 Å². The van der Waals surface area contributed by atoms with E-state index in [1.165, 1.54) is 11.1 Å². The molecule has 0 radical (unpaired) electrons. The normalized spacial score (nSPS) is 13.4. The van der Waals surface area contributed by atoms with Crippen molar-refractivity contribution in [2.75, 3.05) is 16.8 Å². The van der Waals surface area contributed by atoms with Gasteiger partial charge in [-0.05, 0) is 36.6 Å². The molecule has 2 aromatic heterocycles. The van der Waals surface area contributed by atoms with Crippen LogP contribution < -0.4 is 10.2 Å². The maximum atomic E-state index is 4.81. The van der Waals surface area contributed by atoms with E-state index >= 15 is 0 Å². The van der Waals surface area contributed by atoms with Crippen molar-refractivity contribution in [3.63, 3.8) is 0 Å². The predicted octanol–water partition coefficient (Wildman–Crippen LogP) is 4.64. The molecule has 5 heteroatoms. The zero-order chi connectivity index (χ0) is 18.9. The van der Waals surface area contributed by atoms with Gasteiger partial charge in [0.15, 0.2) is 0 Å². The summed E-state index contributed by atoms with van der Waals surface area (Å²) < 4.78 is 0. The number of rotatable bonds is 3. The van der Waals surface area contributed by atoms with Crippen molar-refractivity contribution in [1.29, 1.82) is 0 Å². The summed E-state index contributed by atoms with van der Waals surface area (Å²) >= 11 is 0. The Morgan fingerprint density at radius 2 is 1.79 bits per heavy atom. The molecule has 2 aromatic carbocycles. The number of nitrogens with one attached hydrogen (secondary N) is 1. The first-order valence-corrected chi connectivity index (χ1v) is 9.54. The molecule has 1 aliphatic rings. The van der Waals surface area contributed by atoms with E-state index in [1.807, 2.05) is 25.1 Å². The van der Waals surface area contributed by atoms with E-state index in [4.69, 9.17) is 4.98 Å². The highest BCUT2D eigenvalue weighted by atomic mass is 15.2. The van der Waals surface area contributed by atoms with Crippen LogP contribution in [0.1, 0.15) is 16.8 Å². The predicted molar refractivity (Wildman–Crippen MR) is 113 cm³/mol. The van der Waals surface area contributed by atoms with Crippen LogP contribution in [-0.2, 0) is 13.0 Å². The highest BCUT2D eigenvalue weighted by Gasteiger charge is 2.18. The minimum Gasteiger partial charge on any atom is -0.352 e. The number of hydrogen-bond acceptors (Lipinski definition) is 5. The van der Waals surface area contributed by atoms with Crippen LogP contribution in [0.15, 0.2) is 66.9 Å². The third-order valence-electron chi connectivity index (χ3n) is 5.17. The number of nitrogens with zero attached hydrogens (tertiary/aromatic N) is 4. The molecule has 0 spiro atoms. The number of benzene rings is 2. The van der Waals surface area contributed by atoms with Crippen molar-refractivity contribution in [2.45, 2.75) is 19.9 Å². The number of aryl methyl sites for hydroxylation is 1. The van der Waals surface area contributed by atoms with Gasteiger partial charge in [0.25, 0.3) is 0 Å². The first-order chi connectivity index (χ1) is 13.8. The maximum Gasteiger partial charge on any atom is 0.229 e. The van der Waals surface area contributed by atoms with Crippen molar-refractivity contribution < 1.29 is 0 Å². The molecule has 4 aromatic rings. The van der Waals surface area contributed by atoms with Gasteiger partial charge in [-0.2, -0.15) is 4.98 Å². The number of para-hydroxylation sites is 1. The molecular weight excluding hydrogens is 346 g/mol. The Bertz CT molecular complexity index is 1150. The molecule has 0 saturated carbocycles. The monoisotopic (exact) mass is 367 g/mol. The standard InChI is InChI=1S/C23H21N5/c1-16-14-21(28-13-11-17-6-2-3-7-19(17)15-28)27-23(25-16)26-20-10-4-8-18-9-5-12-24-22(18)20/h2-10,12,14H,11,13,15H2,1H3,(H,25,26,27). The van der Waals surface area contributed by atoms with E-state index in [-0.39, 0.29) is 0 Å². The molecule has 0 fully saturated rings. The summed E-state index contributed by atoms with van der Waals surface area (Å²) in [6.07, 6.45) is 2.84. The lowest BCUT2D eigenvalue weighted by atomic mass is 10.00. The second kappa shape index (κ2) is 6.93. The summed E-state index contributed by atoms with van der Waals surface area (Å²) in [6.45, 7) is 3.85. The van der Waals surface area contributed by atoms with Gasteiger partial charge in [0.1, 0.15) is 5.82 Å². The molecular formula is C23H21N5. The first kappa shape index (κ1) is 16.7. The van der Waals surface area contributed by atoms with Crippen LogP contribution in [-0.4, -0.2) is 21.5 Å². The largest absolute Gasteiger partial charge is 0.352 e. The summed E-state index contributed by atoms with van der Waals surface area (Å²) in [4.78, 5) is 16.2. The molecule has 0 aliphatic carbocycles. The Morgan fingerprint density at radius 3 is 2.71 bits per heavy atom. The smallest absolute Gasteiger partial charge is 0.229 e. The molecule has 1 N–H and O–H groups in total. The van der Waals surface area contributed by atoms with Gasteiger partial charge >= 0.3 is 0 Å². The van der Waals surface area contributed by atoms with Crippen molar-refractivity contribution in [3.05, 3.63) is 83.7 Å². The second-order valence-electron chi connectivity index (χ2n) is 7.14. The molecule has 0 atom stereocenters. The zero-order valence-electron chi connectivity index (χ0n) is 15.8. The number of anilines is 3. The SMILES string of the molecule is Cc1cc(N2CCc3ccccc3C2)nc(Nc2cccc3cccnc23)n1. The van der Waals surface area contributed by atoms with Gasteiger partial charge in [0, 0.05) is 36.4 Å². The van der Waals surface area contributed by atoms with Gasteiger partial charge in [0.2, 0.25) is 5.95 Å². The van der Waals surface area contributed by atoms with Crippen molar-refractivity contribution in [1.82, 2.24) is 15.0 Å². The van der Waals surface area contributed by atoms with Crippen LogP contribution in [0.5, 0.6) is 0 Å². The molecule has 0 bridgehead atoms. The second-order valence-corrected chi connectivity index (χ2v) is 7.14. The molecule has 0 saturated heterocycles. The number of fused-ring (bicyclic) bond motifs is 2. The lowest BCUT2D eigenvalue weighted by molar-refractivity contribution is 0.719. The van der Waals surface area contributed by atoms with Gasteiger partial charge in [-0.3, -0.25) is 4.98 Å². The Labute approximate surface area is 164 Å². The minimum atomic E-state index is 0.604. The van der Waals surface area contributed by atoms with Gasteiger partial charge in [-0.15, -0.1) is 0 Å². The highest BCUT2D eigenvalue weighted by Crippen LogP contribution is 2.27. The molecule has 5 nitrogen and oxygen atoms in total. The summed E-state index contributed by atoms with van der Waals surface area (Å²) in [7, 11) is 0. The maximum absolute atomic E-state index is 4.81. The summed E-state index contributed by atoms with van der Waals surface area (Å²) in [5, 5.41) is 4.47. The average molecular weight is 367 g/mol. The van der Waals surface area contributed by atoms with Crippen molar-refractivity contribution in [2.24, 2.45) is 0 Å². The zero-order valence-corrected chi connectivity index (χ0v) is 15.8. The van der Waals surface area contributed by atoms with Crippen LogP contribution in [0.3, 0.4) is 0 Å². The average Bonchev–Trinajstić information content (AvgIpc) is 2.73.